The zero-order chi connectivity index (χ0) is 20.6. The second kappa shape index (κ2) is 10.3. The third kappa shape index (κ3) is 5.95. The Bertz CT molecular complexity index is 1020. The molecular weight excluding hydrogens is 455 g/mol. The molecule has 0 unspecified atom stereocenters. The van der Waals surface area contributed by atoms with Gasteiger partial charge in [-0.15, -0.1) is 11.8 Å². The summed E-state index contributed by atoms with van der Waals surface area (Å²) in [6, 6.07) is 21.8. The summed E-state index contributed by atoms with van der Waals surface area (Å²) in [7, 11) is 0. The molecule has 0 radical (unpaired) electrons. The van der Waals surface area contributed by atoms with E-state index in [1.54, 1.807) is 36.0 Å². The Morgan fingerprint density at radius 1 is 1.07 bits per heavy atom. The molecule has 148 valence electrons. The molecule has 0 fully saturated rings. The second-order valence-corrected chi connectivity index (χ2v) is 7.97. The maximum atomic E-state index is 14.4. The van der Waals surface area contributed by atoms with Crippen molar-refractivity contribution in [3.63, 3.8) is 0 Å². The van der Waals surface area contributed by atoms with E-state index in [-0.39, 0.29) is 12.4 Å². The van der Waals surface area contributed by atoms with E-state index in [1.165, 1.54) is 6.07 Å². The van der Waals surface area contributed by atoms with Crippen molar-refractivity contribution in [1.29, 1.82) is 0 Å². The average molecular weight is 473 g/mol. The van der Waals surface area contributed by atoms with E-state index in [2.05, 4.69) is 15.9 Å². The molecule has 0 amide bonds. The summed E-state index contributed by atoms with van der Waals surface area (Å²) >= 11 is 5.08. The summed E-state index contributed by atoms with van der Waals surface area (Å²) in [4.78, 5) is 11.6. The SMILES string of the molecule is O=C(O)COc1ccc(SC/C=C(/c2ccccc2)c2ccccc2F)c(Br)c1. The molecule has 0 aliphatic rings. The lowest BCUT2D eigenvalue weighted by atomic mass is 9.97. The molecule has 3 aromatic rings. The minimum Gasteiger partial charge on any atom is -0.482 e. The first kappa shape index (κ1) is 21.1. The predicted molar refractivity (Wildman–Crippen MR) is 118 cm³/mol. The lowest BCUT2D eigenvalue weighted by Crippen LogP contribution is -2.09. The van der Waals surface area contributed by atoms with Crippen LogP contribution in [0.1, 0.15) is 11.1 Å². The monoisotopic (exact) mass is 472 g/mol. The van der Waals surface area contributed by atoms with Crippen LogP contribution in [0.25, 0.3) is 5.57 Å². The van der Waals surface area contributed by atoms with Gasteiger partial charge in [-0.2, -0.15) is 0 Å². The average Bonchev–Trinajstić information content (AvgIpc) is 2.72. The van der Waals surface area contributed by atoms with Crippen LogP contribution in [0.5, 0.6) is 5.75 Å². The molecule has 0 saturated carbocycles. The zero-order valence-electron chi connectivity index (χ0n) is 15.3. The van der Waals surface area contributed by atoms with E-state index in [0.29, 0.717) is 17.1 Å². The quantitative estimate of drug-likeness (QED) is 0.392. The molecule has 0 bridgehead atoms. The minimum absolute atomic E-state index is 0.256. The normalized spacial score (nSPS) is 11.3. The van der Waals surface area contributed by atoms with Gasteiger partial charge >= 0.3 is 5.97 Å². The number of thioether (sulfide) groups is 1. The van der Waals surface area contributed by atoms with Gasteiger partial charge in [0.2, 0.25) is 0 Å². The minimum atomic E-state index is -1.02. The Kier molecular flexibility index (Phi) is 7.49. The smallest absolute Gasteiger partial charge is 0.341 e. The fraction of sp³-hybridized carbons (Fsp3) is 0.0870. The summed E-state index contributed by atoms with van der Waals surface area (Å²) < 4.78 is 20.4. The van der Waals surface area contributed by atoms with E-state index < -0.39 is 5.97 Å². The maximum Gasteiger partial charge on any atom is 0.341 e. The molecule has 29 heavy (non-hydrogen) atoms. The van der Waals surface area contributed by atoms with Gasteiger partial charge in [0.05, 0.1) is 0 Å². The molecule has 0 saturated heterocycles. The topological polar surface area (TPSA) is 46.5 Å². The highest BCUT2D eigenvalue weighted by Crippen LogP contribution is 2.32. The van der Waals surface area contributed by atoms with Crippen LogP contribution in [0, 0.1) is 5.82 Å². The van der Waals surface area contributed by atoms with Crippen molar-refractivity contribution in [3.05, 3.63) is 100 Å². The van der Waals surface area contributed by atoms with Gasteiger partial charge in [-0.05, 0) is 51.3 Å². The van der Waals surface area contributed by atoms with Crippen LogP contribution >= 0.6 is 27.7 Å². The Balaban J connectivity index is 1.78. The van der Waals surface area contributed by atoms with E-state index >= 15 is 0 Å². The zero-order valence-corrected chi connectivity index (χ0v) is 17.8. The molecule has 3 rings (SSSR count). The van der Waals surface area contributed by atoms with Crippen LogP contribution in [0.4, 0.5) is 4.39 Å². The highest BCUT2D eigenvalue weighted by atomic mass is 79.9. The summed E-state index contributed by atoms with van der Waals surface area (Å²) in [5, 5.41) is 8.70. The number of carbonyl (C=O) groups is 1. The molecule has 0 aromatic heterocycles. The van der Waals surface area contributed by atoms with Gasteiger partial charge in [0.1, 0.15) is 11.6 Å². The maximum absolute atomic E-state index is 14.4. The standard InChI is InChI=1S/C23H18BrFO3S/c24-20-14-17(28-15-23(26)27)10-11-22(20)29-13-12-18(16-6-2-1-3-7-16)19-8-4-5-9-21(19)25/h1-12,14H,13,15H2,(H,26,27)/b18-12-. The number of ether oxygens (including phenoxy) is 1. The number of benzene rings is 3. The first-order chi connectivity index (χ1) is 14.0. The molecule has 3 nitrogen and oxygen atoms in total. The van der Waals surface area contributed by atoms with Crippen LogP contribution in [-0.4, -0.2) is 23.4 Å². The number of halogens is 2. The number of aliphatic carboxylic acids is 1. The largest absolute Gasteiger partial charge is 0.482 e. The Hall–Kier alpha value is -2.57. The van der Waals surface area contributed by atoms with Crippen molar-refractivity contribution in [2.45, 2.75) is 4.90 Å². The van der Waals surface area contributed by atoms with E-state index in [0.717, 1.165) is 20.5 Å². The van der Waals surface area contributed by atoms with Crippen LogP contribution in [0.15, 0.2) is 88.2 Å². The number of rotatable bonds is 8. The van der Waals surface area contributed by atoms with Crippen molar-refractivity contribution < 1.29 is 19.0 Å². The van der Waals surface area contributed by atoms with Gasteiger partial charge < -0.3 is 9.84 Å². The summed E-state index contributed by atoms with van der Waals surface area (Å²) in [5.41, 5.74) is 2.36. The fourth-order valence-corrected chi connectivity index (χ4v) is 4.22. The predicted octanol–water partition coefficient (Wildman–Crippen LogP) is 6.28. The van der Waals surface area contributed by atoms with Gasteiger partial charge in [-0.25, -0.2) is 9.18 Å². The third-order valence-corrected chi connectivity index (χ3v) is 5.96. The lowest BCUT2D eigenvalue weighted by molar-refractivity contribution is -0.139. The number of carboxylic acid groups (broad SMARTS) is 1. The van der Waals surface area contributed by atoms with Gasteiger partial charge in [0.15, 0.2) is 6.61 Å². The van der Waals surface area contributed by atoms with E-state index in [1.807, 2.05) is 48.5 Å². The van der Waals surface area contributed by atoms with Crippen molar-refractivity contribution >= 4 is 39.2 Å². The molecule has 6 heteroatoms. The van der Waals surface area contributed by atoms with Crippen LogP contribution in [0.3, 0.4) is 0 Å². The van der Waals surface area contributed by atoms with Crippen molar-refractivity contribution in [3.8, 4) is 5.75 Å². The van der Waals surface area contributed by atoms with Gasteiger partial charge in [0.25, 0.3) is 0 Å². The van der Waals surface area contributed by atoms with Gasteiger partial charge in [-0.3, -0.25) is 0 Å². The van der Waals surface area contributed by atoms with Crippen molar-refractivity contribution in [2.75, 3.05) is 12.4 Å². The molecule has 0 heterocycles. The molecule has 1 N–H and O–H groups in total. The van der Waals surface area contributed by atoms with Crippen LogP contribution in [-0.2, 0) is 4.79 Å². The molecular formula is C23H18BrFO3S. The number of hydrogen-bond acceptors (Lipinski definition) is 3. The summed E-state index contributed by atoms with van der Waals surface area (Å²) in [6.07, 6.45) is 2.01. The molecule has 0 spiro atoms. The van der Waals surface area contributed by atoms with Crippen molar-refractivity contribution in [2.24, 2.45) is 0 Å². The molecule has 0 aliphatic carbocycles. The highest BCUT2D eigenvalue weighted by Gasteiger charge is 2.10. The molecule has 0 atom stereocenters. The fourth-order valence-electron chi connectivity index (χ4n) is 2.73. The van der Waals surface area contributed by atoms with E-state index in [4.69, 9.17) is 9.84 Å². The van der Waals surface area contributed by atoms with Crippen LogP contribution in [0.2, 0.25) is 0 Å². The highest BCUT2D eigenvalue weighted by molar-refractivity contribution is 9.10. The Labute approximate surface area is 181 Å². The number of hydrogen-bond donors (Lipinski definition) is 1. The lowest BCUT2D eigenvalue weighted by Gasteiger charge is -2.11. The second-order valence-electron chi connectivity index (χ2n) is 6.05. The number of carboxylic acids is 1. The molecule has 3 aromatic carbocycles. The van der Waals surface area contributed by atoms with Gasteiger partial charge in [-0.1, -0.05) is 54.6 Å². The first-order valence-electron chi connectivity index (χ1n) is 8.82. The third-order valence-electron chi connectivity index (χ3n) is 4.04. The van der Waals surface area contributed by atoms with E-state index in [9.17, 15) is 9.18 Å². The summed E-state index contributed by atoms with van der Waals surface area (Å²) in [5.74, 6) is -0.164. The van der Waals surface area contributed by atoms with Crippen molar-refractivity contribution in [1.82, 2.24) is 0 Å². The summed E-state index contributed by atoms with van der Waals surface area (Å²) in [6.45, 7) is -0.384. The Morgan fingerprint density at radius 3 is 2.48 bits per heavy atom. The first-order valence-corrected chi connectivity index (χ1v) is 10.6. The van der Waals surface area contributed by atoms with Gasteiger partial charge in [0, 0.05) is 20.7 Å². The Morgan fingerprint density at radius 2 is 1.79 bits per heavy atom. The molecule has 0 aliphatic heterocycles. The van der Waals surface area contributed by atoms with Crippen LogP contribution < -0.4 is 4.74 Å².